The minimum Gasteiger partial charge on any atom is -0.381 e. The molecule has 1 fully saturated rings. The molecule has 0 spiro atoms. The van der Waals surface area contributed by atoms with E-state index in [9.17, 15) is 0 Å². The highest BCUT2D eigenvalue weighted by Crippen LogP contribution is 2.25. The fourth-order valence-electron chi connectivity index (χ4n) is 1.79. The summed E-state index contributed by atoms with van der Waals surface area (Å²) in [7, 11) is 0. The highest BCUT2D eigenvalue weighted by Gasteiger charge is 2.29. The lowest BCUT2D eigenvalue weighted by molar-refractivity contribution is 0.0518. The van der Waals surface area contributed by atoms with Crippen molar-refractivity contribution in [2.75, 3.05) is 26.3 Å². The molecule has 0 aromatic rings. The molecule has 1 aliphatic heterocycles. The predicted molar refractivity (Wildman–Crippen MR) is 68.5 cm³/mol. The monoisotopic (exact) mass is 228 g/mol. The van der Waals surface area contributed by atoms with Gasteiger partial charge in [-0.25, -0.2) is 0 Å². The summed E-state index contributed by atoms with van der Waals surface area (Å²) in [4.78, 5) is 0. The molecule has 0 radical (unpaired) electrons. The van der Waals surface area contributed by atoms with Gasteiger partial charge in [-0.15, -0.1) is 0 Å². The Morgan fingerprint density at radius 1 is 1.31 bits per heavy atom. The van der Waals surface area contributed by atoms with Crippen LogP contribution >= 0.6 is 0 Å². The quantitative estimate of drug-likeness (QED) is 0.754. The number of nitrogens with two attached hydrogens (primary N) is 1. The molecule has 96 valence electrons. The van der Waals surface area contributed by atoms with Gasteiger partial charge in [0.1, 0.15) is 0 Å². The first-order valence-corrected chi connectivity index (χ1v) is 6.43. The second-order valence-electron chi connectivity index (χ2n) is 6.22. The van der Waals surface area contributed by atoms with Crippen molar-refractivity contribution >= 4 is 0 Å². The van der Waals surface area contributed by atoms with Crippen molar-refractivity contribution in [2.24, 2.45) is 17.1 Å². The lowest BCUT2D eigenvalue weighted by Crippen LogP contribution is -2.53. The first kappa shape index (κ1) is 13.9. The Labute approximate surface area is 100 Å². The highest BCUT2D eigenvalue weighted by molar-refractivity contribution is 4.89. The van der Waals surface area contributed by atoms with Gasteiger partial charge in [-0.2, -0.15) is 0 Å². The fourth-order valence-corrected chi connectivity index (χ4v) is 1.79. The Hall–Kier alpha value is -0.120. The van der Waals surface area contributed by atoms with Crippen LogP contribution in [0.3, 0.4) is 0 Å². The zero-order valence-electron chi connectivity index (χ0n) is 11.3. The maximum absolute atomic E-state index is 6.32. The Bertz CT molecular complexity index is 208. The standard InChI is InChI=1S/C13H28N2O/c1-11(2)12(3,4)9-15-10-13(14)5-7-16-8-6-13/h11,15H,5-10,14H2,1-4H3. The van der Waals surface area contributed by atoms with Gasteiger partial charge in [0.05, 0.1) is 0 Å². The maximum Gasteiger partial charge on any atom is 0.0484 e. The van der Waals surface area contributed by atoms with Crippen LogP contribution in [0.15, 0.2) is 0 Å². The van der Waals surface area contributed by atoms with E-state index in [4.69, 9.17) is 10.5 Å². The van der Waals surface area contributed by atoms with Crippen molar-refractivity contribution in [3.8, 4) is 0 Å². The van der Waals surface area contributed by atoms with Crippen LogP contribution < -0.4 is 11.1 Å². The lowest BCUT2D eigenvalue weighted by Gasteiger charge is -2.36. The van der Waals surface area contributed by atoms with Crippen molar-refractivity contribution in [3.63, 3.8) is 0 Å². The molecule has 0 aromatic carbocycles. The van der Waals surface area contributed by atoms with Gasteiger partial charge in [0.15, 0.2) is 0 Å². The van der Waals surface area contributed by atoms with Crippen molar-refractivity contribution in [3.05, 3.63) is 0 Å². The molecule has 1 aliphatic rings. The Kier molecular flexibility index (Phi) is 4.77. The Morgan fingerprint density at radius 3 is 2.38 bits per heavy atom. The second kappa shape index (κ2) is 5.48. The number of hydrogen-bond donors (Lipinski definition) is 2. The van der Waals surface area contributed by atoms with E-state index < -0.39 is 0 Å². The smallest absolute Gasteiger partial charge is 0.0484 e. The summed E-state index contributed by atoms with van der Waals surface area (Å²) in [6.45, 7) is 12.7. The third-order valence-corrected chi connectivity index (χ3v) is 4.11. The molecule has 16 heavy (non-hydrogen) atoms. The molecule has 1 heterocycles. The largest absolute Gasteiger partial charge is 0.381 e. The zero-order valence-corrected chi connectivity index (χ0v) is 11.3. The van der Waals surface area contributed by atoms with Crippen LogP contribution in [0.25, 0.3) is 0 Å². The first-order valence-electron chi connectivity index (χ1n) is 6.43. The van der Waals surface area contributed by atoms with E-state index in [1.807, 2.05) is 0 Å². The first-order chi connectivity index (χ1) is 7.36. The van der Waals surface area contributed by atoms with Gasteiger partial charge in [0.25, 0.3) is 0 Å². The number of nitrogens with one attached hydrogen (secondary N) is 1. The number of hydrogen-bond acceptors (Lipinski definition) is 3. The van der Waals surface area contributed by atoms with Crippen molar-refractivity contribution in [2.45, 2.75) is 46.1 Å². The van der Waals surface area contributed by atoms with Crippen molar-refractivity contribution in [1.29, 1.82) is 0 Å². The van der Waals surface area contributed by atoms with Crippen molar-refractivity contribution < 1.29 is 4.74 Å². The van der Waals surface area contributed by atoms with E-state index in [2.05, 4.69) is 33.0 Å². The van der Waals surface area contributed by atoms with Crippen LogP contribution in [0, 0.1) is 11.3 Å². The van der Waals surface area contributed by atoms with Crippen LogP contribution in [-0.4, -0.2) is 31.8 Å². The molecule has 0 atom stereocenters. The number of rotatable bonds is 5. The summed E-state index contributed by atoms with van der Waals surface area (Å²) in [6.07, 6.45) is 1.95. The molecule has 3 N–H and O–H groups in total. The third-order valence-electron chi connectivity index (χ3n) is 4.11. The van der Waals surface area contributed by atoms with E-state index >= 15 is 0 Å². The topological polar surface area (TPSA) is 47.3 Å². The molecule has 0 aromatic heterocycles. The predicted octanol–water partition coefficient (Wildman–Crippen LogP) is 1.77. The maximum atomic E-state index is 6.32. The average Bonchev–Trinajstić information content (AvgIpc) is 2.17. The van der Waals surface area contributed by atoms with Gasteiger partial charge in [0, 0.05) is 31.8 Å². The molecule has 1 saturated heterocycles. The number of ether oxygens (including phenoxy) is 1. The fraction of sp³-hybridized carbons (Fsp3) is 1.00. The SMILES string of the molecule is CC(C)C(C)(C)CNCC1(N)CCOCC1. The van der Waals surface area contributed by atoms with Crippen LogP contribution in [0.2, 0.25) is 0 Å². The molecular formula is C13H28N2O. The minimum atomic E-state index is -0.0503. The summed E-state index contributed by atoms with van der Waals surface area (Å²) in [5, 5.41) is 3.54. The normalized spacial score (nSPS) is 21.4. The Balaban J connectivity index is 2.29. The summed E-state index contributed by atoms with van der Waals surface area (Å²) in [5.41, 5.74) is 6.61. The van der Waals surface area contributed by atoms with Gasteiger partial charge in [-0.1, -0.05) is 27.7 Å². The summed E-state index contributed by atoms with van der Waals surface area (Å²) in [6, 6.07) is 0. The summed E-state index contributed by atoms with van der Waals surface area (Å²) in [5.74, 6) is 0.684. The molecule has 3 nitrogen and oxygen atoms in total. The van der Waals surface area contributed by atoms with Crippen LogP contribution in [0.4, 0.5) is 0 Å². The molecule has 0 aliphatic carbocycles. The molecule has 0 bridgehead atoms. The molecule has 3 heteroatoms. The average molecular weight is 228 g/mol. The van der Waals surface area contributed by atoms with Gasteiger partial charge in [-0.05, 0) is 24.2 Å². The molecule has 0 saturated carbocycles. The second-order valence-corrected chi connectivity index (χ2v) is 6.22. The molecule has 0 unspecified atom stereocenters. The minimum absolute atomic E-state index is 0.0503. The zero-order chi connectivity index (χ0) is 12.2. The Morgan fingerprint density at radius 2 is 1.88 bits per heavy atom. The van der Waals surface area contributed by atoms with E-state index in [0.717, 1.165) is 39.1 Å². The van der Waals surface area contributed by atoms with E-state index in [0.29, 0.717) is 11.3 Å². The lowest BCUT2D eigenvalue weighted by atomic mass is 9.81. The van der Waals surface area contributed by atoms with Gasteiger partial charge in [-0.3, -0.25) is 0 Å². The van der Waals surface area contributed by atoms with Gasteiger partial charge in [0.2, 0.25) is 0 Å². The summed E-state index contributed by atoms with van der Waals surface area (Å²) < 4.78 is 5.34. The van der Waals surface area contributed by atoms with Crippen LogP contribution in [-0.2, 0) is 4.74 Å². The van der Waals surface area contributed by atoms with E-state index in [1.165, 1.54) is 0 Å². The molecular weight excluding hydrogens is 200 g/mol. The summed E-state index contributed by atoms with van der Waals surface area (Å²) >= 11 is 0. The van der Waals surface area contributed by atoms with E-state index in [-0.39, 0.29) is 5.54 Å². The molecule has 0 amide bonds. The van der Waals surface area contributed by atoms with E-state index in [1.54, 1.807) is 0 Å². The van der Waals surface area contributed by atoms with Gasteiger partial charge >= 0.3 is 0 Å². The van der Waals surface area contributed by atoms with Crippen molar-refractivity contribution in [1.82, 2.24) is 5.32 Å². The third kappa shape index (κ3) is 4.04. The molecule has 1 rings (SSSR count). The van der Waals surface area contributed by atoms with Crippen LogP contribution in [0.5, 0.6) is 0 Å². The highest BCUT2D eigenvalue weighted by atomic mass is 16.5. The van der Waals surface area contributed by atoms with Gasteiger partial charge < -0.3 is 15.8 Å². The van der Waals surface area contributed by atoms with Crippen LogP contribution in [0.1, 0.15) is 40.5 Å².